The van der Waals surface area contributed by atoms with Crippen LogP contribution in [0.3, 0.4) is 0 Å². The van der Waals surface area contributed by atoms with Crippen molar-refractivity contribution in [2.75, 3.05) is 49.7 Å². The molecule has 0 aliphatic carbocycles. The lowest BCUT2D eigenvalue weighted by Gasteiger charge is -2.28. The molecule has 1 atom stereocenters. The smallest absolute Gasteiger partial charge is 0.325 e. The topological polar surface area (TPSA) is 106 Å². The lowest BCUT2D eigenvalue weighted by atomic mass is 10.0. The van der Waals surface area contributed by atoms with Gasteiger partial charge in [0.25, 0.3) is 5.91 Å². The Bertz CT molecular complexity index is 1220. The zero-order chi connectivity index (χ0) is 24.8. The van der Waals surface area contributed by atoms with Gasteiger partial charge in [-0.05, 0) is 44.2 Å². The van der Waals surface area contributed by atoms with E-state index in [4.69, 9.17) is 14.5 Å². The molecule has 10 heteroatoms. The summed E-state index contributed by atoms with van der Waals surface area (Å²) < 4.78 is 24.1. The van der Waals surface area contributed by atoms with Crippen LogP contribution in [-0.2, 0) is 14.3 Å². The van der Waals surface area contributed by atoms with E-state index in [9.17, 15) is 14.0 Å². The second-order valence-corrected chi connectivity index (χ2v) is 8.12. The predicted molar refractivity (Wildman–Crippen MR) is 130 cm³/mol. The normalized spacial score (nSPS) is 14.4. The van der Waals surface area contributed by atoms with E-state index in [1.54, 1.807) is 37.4 Å². The minimum Gasteiger partial charge on any atom is -0.465 e. The first-order valence-electron chi connectivity index (χ1n) is 11.5. The molecule has 2 N–H and O–H groups in total. The van der Waals surface area contributed by atoms with Crippen molar-refractivity contribution >= 4 is 34.4 Å². The third kappa shape index (κ3) is 6.02. The van der Waals surface area contributed by atoms with Crippen LogP contribution in [0.15, 0.2) is 42.6 Å². The molecule has 2 heterocycles. The van der Waals surface area contributed by atoms with Crippen molar-refractivity contribution in [3.05, 3.63) is 59.5 Å². The molecule has 0 spiro atoms. The fourth-order valence-electron chi connectivity index (χ4n) is 3.91. The molecule has 184 valence electrons. The third-order valence-corrected chi connectivity index (χ3v) is 5.63. The van der Waals surface area contributed by atoms with Crippen molar-refractivity contribution in [3.63, 3.8) is 0 Å². The molecule has 1 aromatic heterocycles. The number of fused-ring (bicyclic) bond motifs is 1. The van der Waals surface area contributed by atoms with Gasteiger partial charge in [0.2, 0.25) is 0 Å². The zero-order valence-electron chi connectivity index (χ0n) is 19.7. The Morgan fingerprint density at radius 1 is 1.23 bits per heavy atom. The van der Waals surface area contributed by atoms with Gasteiger partial charge in [-0.2, -0.15) is 0 Å². The van der Waals surface area contributed by atoms with Crippen LogP contribution in [-0.4, -0.2) is 61.3 Å². The first-order chi connectivity index (χ1) is 16.9. The number of morpholine rings is 1. The first kappa shape index (κ1) is 24.3. The largest absolute Gasteiger partial charge is 0.465 e. The van der Waals surface area contributed by atoms with E-state index in [0.29, 0.717) is 48.6 Å². The molecular weight excluding hydrogens is 453 g/mol. The Kier molecular flexibility index (Phi) is 7.71. The van der Waals surface area contributed by atoms with Gasteiger partial charge in [-0.15, -0.1) is 0 Å². The van der Waals surface area contributed by atoms with Gasteiger partial charge in [-0.25, -0.2) is 9.37 Å². The first-order valence-corrected chi connectivity index (χ1v) is 11.5. The number of amides is 1. The monoisotopic (exact) mass is 481 g/mol. The van der Waals surface area contributed by atoms with Crippen LogP contribution >= 0.6 is 0 Å². The molecule has 1 unspecified atom stereocenters. The average molecular weight is 482 g/mol. The second-order valence-electron chi connectivity index (χ2n) is 8.12. The number of carbonyl (C=O) groups is 2. The lowest BCUT2D eigenvalue weighted by molar-refractivity contribution is -0.141. The molecule has 1 aliphatic rings. The molecule has 1 amide bonds. The van der Waals surface area contributed by atoms with E-state index in [2.05, 4.69) is 20.5 Å². The van der Waals surface area contributed by atoms with Gasteiger partial charge in [-0.1, -0.05) is 6.07 Å². The number of nitrogens with one attached hydrogen (secondary N) is 2. The van der Waals surface area contributed by atoms with Crippen LogP contribution in [0.4, 0.5) is 15.9 Å². The van der Waals surface area contributed by atoms with Gasteiger partial charge in [-0.3, -0.25) is 14.6 Å². The minimum absolute atomic E-state index is 0.235. The quantitative estimate of drug-likeness (QED) is 0.473. The van der Waals surface area contributed by atoms with E-state index in [1.165, 1.54) is 12.1 Å². The maximum atomic E-state index is 13.7. The van der Waals surface area contributed by atoms with Crippen molar-refractivity contribution in [1.82, 2.24) is 15.3 Å². The summed E-state index contributed by atoms with van der Waals surface area (Å²) in [6, 6.07) is 9.20. The molecule has 2 aromatic carbocycles. The molecule has 0 radical (unpaired) electrons. The van der Waals surface area contributed by atoms with E-state index in [1.807, 2.05) is 6.92 Å². The van der Waals surface area contributed by atoms with Crippen molar-refractivity contribution in [2.24, 2.45) is 0 Å². The minimum atomic E-state index is -0.516. The van der Waals surface area contributed by atoms with Crippen molar-refractivity contribution in [3.8, 4) is 0 Å². The van der Waals surface area contributed by atoms with E-state index in [0.717, 1.165) is 11.4 Å². The van der Waals surface area contributed by atoms with Crippen LogP contribution < -0.4 is 15.5 Å². The fourth-order valence-corrected chi connectivity index (χ4v) is 3.91. The van der Waals surface area contributed by atoms with Crippen LogP contribution in [0.2, 0.25) is 0 Å². The number of esters is 1. The van der Waals surface area contributed by atoms with Gasteiger partial charge in [0.1, 0.15) is 18.2 Å². The molecular formula is C25H28FN5O4. The highest BCUT2D eigenvalue weighted by Crippen LogP contribution is 2.28. The maximum Gasteiger partial charge on any atom is 0.325 e. The third-order valence-electron chi connectivity index (χ3n) is 5.63. The highest BCUT2D eigenvalue weighted by atomic mass is 19.1. The molecule has 1 aliphatic heterocycles. The number of nitrogens with zero attached hydrogens (tertiary/aromatic N) is 3. The van der Waals surface area contributed by atoms with Crippen molar-refractivity contribution < 1.29 is 23.5 Å². The summed E-state index contributed by atoms with van der Waals surface area (Å²) in [5.41, 5.74) is 2.81. The van der Waals surface area contributed by atoms with E-state index >= 15 is 0 Å². The molecule has 3 aromatic rings. The SMILES string of the molecule is CCOC(=O)CNC(=O)c1cc(C(C)Nc2cccc(F)c2)c2nc(N3CCOCC3)cnc2c1. The number of ether oxygens (including phenoxy) is 2. The fraction of sp³-hybridized carbons (Fsp3) is 0.360. The Morgan fingerprint density at radius 3 is 2.77 bits per heavy atom. The predicted octanol–water partition coefficient (Wildman–Crippen LogP) is 3.07. The highest BCUT2D eigenvalue weighted by molar-refractivity contribution is 5.99. The van der Waals surface area contributed by atoms with Gasteiger partial charge in [0, 0.05) is 29.9 Å². The van der Waals surface area contributed by atoms with Crippen LogP contribution in [0.1, 0.15) is 35.8 Å². The Balaban J connectivity index is 1.69. The summed E-state index contributed by atoms with van der Waals surface area (Å²) in [7, 11) is 0. The number of hydrogen-bond donors (Lipinski definition) is 2. The summed E-state index contributed by atoms with van der Waals surface area (Å²) in [6.07, 6.45) is 1.68. The van der Waals surface area contributed by atoms with Crippen LogP contribution in [0, 0.1) is 5.82 Å². The van der Waals surface area contributed by atoms with Crippen LogP contribution in [0.5, 0.6) is 0 Å². The highest BCUT2D eigenvalue weighted by Gasteiger charge is 2.20. The summed E-state index contributed by atoms with van der Waals surface area (Å²) in [6.45, 7) is 6.25. The molecule has 9 nitrogen and oxygen atoms in total. The van der Waals surface area contributed by atoms with Gasteiger partial charge >= 0.3 is 5.97 Å². The van der Waals surface area contributed by atoms with Gasteiger partial charge < -0.3 is 25.0 Å². The number of halogens is 1. The number of carbonyl (C=O) groups excluding carboxylic acids is 2. The van der Waals surface area contributed by atoms with Crippen molar-refractivity contribution in [2.45, 2.75) is 19.9 Å². The molecule has 35 heavy (non-hydrogen) atoms. The summed E-state index contributed by atoms with van der Waals surface area (Å²) in [5.74, 6) is -0.579. The summed E-state index contributed by atoms with van der Waals surface area (Å²) in [5, 5.41) is 5.86. The number of rotatable bonds is 8. The average Bonchev–Trinajstić information content (AvgIpc) is 2.87. The summed E-state index contributed by atoms with van der Waals surface area (Å²) in [4.78, 5) is 36.1. The van der Waals surface area contributed by atoms with E-state index in [-0.39, 0.29) is 25.0 Å². The standard InChI is InChI=1S/C25H28FN5O4/c1-3-35-23(32)15-28-25(33)17-11-20(16(2)29-19-6-4-5-18(26)13-19)24-21(12-17)27-14-22(30-24)31-7-9-34-10-8-31/h4-6,11-14,16,29H,3,7-10,15H2,1-2H3,(H,28,33). The molecule has 1 saturated heterocycles. The van der Waals surface area contributed by atoms with Gasteiger partial charge in [0.05, 0.1) is 43.1 Å². The Labute approximate surface area is 202 Å². The lowest BCUT2D eigenvalue weighted by Crippen LogP contribution is -2.36. The molecule has 0 saturated carbocycles. The molecule has 0 bridgehead atoms. The van der Waals surface area contributed by atoms with Gasteiger partial charge in [0.15, 0.2) is 0 Å². The number of anilines is 2. The molecule has 4 rings (SSSR count). The Morgan fingerprint density at radius 2 is 2.03 bits per heavy atom. The maximum absolute atomic E-state index is 13.7. The van der Waals surface area contributed by atoms with Crippen molar-refractivity contribution in [1.29, 1.82) is 0 Å². The second kappa shape index (κ2) is 11.1. The zero-order valence-corrected chi connectivity index (χ0v) is 19.7. The number of aromatic nitrogens is 2. The number of hydrogen-bond acceptors (Lipinski definition) is 8. The summed E-state index contributed by atoms with van der Waals surface area (Å²) >= 11 is 0. The Hall–Kier alpha value is -3.79. The van der Waals surface area contributed by atoms with E-state index < -0.39 is 11.9 Å². The molecule has 1 fully saturated rings. The van der Waals surface area contributed by atoms with Crippen LogP contribution in [0.25, 0.3) is 11.0 Å². The number of benzene rings is 2.